The summed E-state index contributed by atoms with van der Waals surface area (Å²) >= 11 is 0. The highest BCUT2D eigenvalue weighted by Crippen LogP contribution is 2.17. The number of rotatable bonds is 52. The monoisotopic (exact) mass is 876 g/mol. The Morgan fingerprint density at radius 1 is 0.435 bits per heavy atom. The summed E-state index contributed by atoms with van der Waals surface area (Å²) in [5, 5.41) is 23.2. The maximum Gasteiger partial charge on any atom is 0.305 e. The van der Waals surface area contributed by atoms with Crippen molar-refractivity contribution in [3.05, 3.63) is 12.2 Å². The highest BCUT2D eigenvalue weighted by Gasteiger charge is 2.20. The van der Waals surface area contributed by atoms with Crippen molar-refractivity contribution < 1.29 is 24.5 Å². The molecule has 0 aromatic rings. The second-order valence-corrected chi connectivity index (χ2v) is 19.3. The van der Waals surface area contributed by atoms with Gasteiger partial charge in [-0.3, -0.25) is 9.59 Å². The summed E-state index contributed by atoms with van der Waals surface area (Å²) in [5.74, 6) is -0.0504. The van der Waals surface area contributed by atoms with Gasteiger partial charge in [0.05, 0.1) is 25.4 Å². The maximum atomic E-state index is 12.5. The summed E-state index contributed by atoms with van der Waals surface area (Å²) in [7, 11) is 0. The first-order chi connectivity index (χ1) is 30.5. The van der Waals surface area contributed by atoms with E-state index in [4.69, 9.17) is 4.74 Å². The van der Waals surface area contributed by atoms with Gasteiger partial charge in [-0.25, -0.2) is 0 Å². The molecule has 6 nitrogen and oxygen atoms in total. The van der Waals surface area contributed by atoms with E-state index in [-0.39, 0.29) is 18.5 Å². The molecule has 0 aliphatic carbocycles. The van der Waals surface area contributed by atoms with Gasteiger partial charge in [0.25, 0.3) is 0 Å². The van der Waals surface area contributed by atoms with Crippen LogP contribution in [0.15, 0.2) is 12.2 Å². The van der Waals surface area contributed by atoms with Crippen LogP contribution >= 0.6 is 0 Å². The average molecular weight is 876 g/mol. The van der Waals surface area contributed by atoms with E-state index >= 15 is 0 Å². The van der Waals surface area contributed by atoms with Crippen LogP contribution in [0.3, 0.4) is 0 Å². The molecule has 0 bridgehead atoms. The number of amides is 1. The van der Waals surface area contributed by atoms with E-state index in [2.05, 4.69) is 31.3 Å². The number of carbonyl (C=O) groups is 2. The van der Waals surface area contributed by atoms with E-state index in [1.54, 1.807) is 0 Å². The van der Waals surface area contributed by atoms with E-state index in [1.807, 2.05) is 0 Å². The van der Waals surface area contributed by atoms with E-state index in [0.29, 0.717) is 25.9 Å². The van der Waals surface area contributed by atoms with Crippen molar-refractivity contribution in [3.63, 3.8) is 0 Å². The Morgan fingerprint density at radius 3 is 1.15 bits per heavy atom. The third-order valence-corrected chi connectivity index (χ3v) is 13.1. The zero-order valence-electron chi connectivity index (χ0n) is 41.9. The third kappa shape index (κ3) is 48.1. The summed E-state index contributed by atoms with van der Waals surface area (Å²) in [6.07, 6.45) is 60.5. The highest BCUT2D eigenvalue weighted by molar-refractivity contribution is 5.76. The van der Waals surface area contributed by atoms with Gasteiger partial charge >= 0.3 is 5.97 Å². The minimum Gasteiger partial charge on any atom is -0.466 e. The van der Waals surface area contributed by atoms with E-state index in [9.17, 15) is 19.8 Å². The molecule has 0 heterocycles. The standard InChI is InChI=1S/C56H109NO5/c1-3-5-7-9-11-13-15-17-21-24-28-32-36-40-44-48-54(59)53(52-58)57-55(60)49-45-41-37-33-29-25-22-19-20-23-27-31-35-39-43-47-51-62-56(61)50-46-42-38-34-30-26-18-16-14-12-10-8-6-4-2/h19,22,53-54,58-59H,3-18,20-21,23-52H2,1-2H3,(H,57,60)/b22-19-. The number of hydrogen-bond donors (Lipinski definition) is 3. The number of unbranched alkanes of at least 4 members (excludes halogenated alkanes) is 39. The van der Waals surface area contributed by atoms with Crippen LogP contribution in [0.25, 0.3) is 0 Å². The molecular formula is C56H109NO5. The van der Waals surface area contributed by atoms with Crippen molar-refractivity contribution in [2.45, 2.75) is 321 Å². The molecular weight excluding hydrogens is 767 g/mol. The quantitative estimate of drug-likeness (QED) is 0.0321. The third-order valence-electron chi connectivity index (χ3n) is 13.1. The molecule has 0 aliphatic heterocycles. The van der Waals surface area contributed by atoms with Gasteiger partial charge in [-0.15, -0.1) is 0 Å². The topological polar surface area (TPSA) is 95.9 Å². The lowest BCUT2D eigenvalue weighted by atomic mass is 10.0. The first kappa shape index (κ1) is 60.6. The molecule has 1 amide bonds. The first-order valence-electron chi connectivity index (χ1n) is 27.9. The molecule has 0 saturated heterocycles. The van der Waals surface area contributed by atoms with Crippen LogP contribution < -0.4 is 5.32 Å². The average Bonchev–Trinajstić information content (AvgIpc) is 3.27. The zero-order valence-corrected chi connectivity index (χ0v) is 41.9. The summed E-state index contributed by atoms with van der Waals surface area (Å²) < 4.78 is 5.47. The number of aliphatic hydroxyl groups is 2. The normalized spacial score (nSPS) is 12.6. The van der Waals surface area contributed by atoms with Crippen molar-refractivity contribution in [3.8, 4) is 0 Å². The smallest absolute Gasteiger partial charge is 0.305 e. The number of nitrogens with one attached hydrogen (secondary N) is 1. The summed E-state index contributed by atoms with van der Waals surface area (Å²) in [4.78, 5) is 24.5. The maximum absolute atomic E-state index is 12.5. The Bertz CT molecular complexity index is 924. The molecule has 62 heavy (non-hydrogen) atoms. The Balaban J connectivity index is 3.45. The number of hydrogen-bond acceptors (Lipinski definition) is 5. The van der Waals surface area contributed by atoms with Crippen molar-refractivity contribution in [2.75, 3.05) is 13.2 Å². The molecule has 0 saturated carbocycles. The van der Waals surface area contributed by atoms with E-state index in [1.165, 1.54) is 212 Å². The number of ether oxygens (including phenoxy) is 1. The van der Waals surface area contributed by atoms with E-state index in [0.717, 1.165) is 64.2 Å². The summed E-state index contributed by atoms with van der Waals surface area (Å²) in [6.45, 7) is 4.94. The molecule has 0 rings (SSSR count). The van der Waals surface area contributed by atoms with Crippen LogP contribution in [-0.4, -0.2) is 47.4 Å². The van der Waals surface area contributed by atoms with Crippen LogP contribution in [0, 0.1) is 0 Å². The van der Waals surface area contributed by atoms with Gasteiger partial charge in [0, 0.05) is 12.8 Å². The number of allylic oxidation sites excluding steroid dienone is 2. The number of esters is 1. The Hall–Kier alpha value is -1.40. The second kappa shape index (κ2) is 52.2. The van der Waals surface area contributed by atoms with Crippen molar-refractivity contribution in [1.29, 1.82) is 0 Å². The molecule has 0 radical (unpaired) electrons. The summed E-state index contributed by atoms with van der Waals surface area (Å²) in [5.41, 5.74) is 0. The fourth-order valence-corrected chi connectivity index (χ4v) is 8.75. The Morgan fingerprint density at radius 2 is 0.758 bits per heavy atom. The fourth-order valence-electron chi connectivity index (χ4n) is 8.75. The lowest BCUT2D eigenvalue weighted by molar-refractivity contribution is -0.143. The predicted octanol–water partition coefficient (Wildman–Crippen LogP) is 16.9. The van der Waals surface area contributed by atoms with Crippen molar-refractivity contribution in [2.24, 2.45) is 0 Å². The van der Waals surface area contributed by atoms with E-state index < -0.39 is 12.1 Å². The van der Waals surface area contributed by atoms with Gasteiger partial charge < -0.3 is 20.3 Å². The molecule has 2 unspecified atom stereocenters. The van der Waals surface area contributed by atoms with Crippen molar-refractivity contribution in [1.82, 2.24) is 5.32 Å². The molecule has 0 aromatic carbocycles. The lowest BCUT2D eigenvalue weighted by Crippen LogP contribution is -2.45. The molecule has 0 aliphatic rings. The SMILES string of the molecule is CCCCCCCCCCCCCCCCCC(O)C(CO)NC(=O)CCCCCCC/C=C\CCCCCCCCCOC(=O)CCCCCCCCCCCCCCCC. The molecule has 0 aromatic heterocycles. The number of carbonyl (C=O) groups excluding carboxylic acids is 2. The molecule has 2 atom stereocenters. The van der Waals surface area contributed by atoms with Crippen LogP contribution in [-0.2, 0) is 14.3 Å². The largest absolute Gasteiger partial charge is 0.466 e. The van der Waals surface area contributed by atoms with Crippen molar-refractivity contribution >= 4 is 11.9 Å². The number of aliphatic hydroxyl groups excluding tert-OH is 2. The Labute approximate surface area is 387 Å². The summed E-state index contributed by atoms with van der Waals surface area (Å²) in [6, 6.07) is -0.552. The van der Waals surface area contributed by atoms with Gasteiger partial charge in [0.15, 0.2) is 0 Å². The molecule has 6 heteroatoms. The molecule has 0 fully saturated rings. The van der Waals surface area contributed by atoms with Crippen LogP contribution in [0.4, 0.5) is 0 Å². The molecule has 3 N–H and O–H groups in total. The first-order valence-corrected chi connectivity index (χ1v) is 27.9. The van der Waals surface area contributed by atoms with Gasteiger partial charge in [0.2, 0.25) is 5.91 Å². The van der Waals surface area contributed by atoms with Gasteiger partial charge in [0.1, 0.15) is 0 Å². The zero-order chi connectivity index (χ0) is 45.1. The highest BCUT2D eigenvalue weighted by atomic mass is 16.5. The minimum absolute atomic E-state index is 0.000120. The molecule has 0 spiro atoms. The Kier molecular flexibility index (Phi) is 51.0. The van der Waals surface area contributed by atoms with Crippen LogP contribution in [0.5, 0.6) is 0 Å². The molecule has 368 valence electrons. The minimum atomic E-state index is -0.673. The van der Waals surface area contributed by atoms with Crippen LogP contribution in [0.2, 0.25) is 0 Å². The fraction of sp³-hybridized carbons (Fsp3) is 0.929. The predicted molar refractivity (Wildman–Crippen MR) is 269 cm³/mol. The lowest BCUT2D eigenvalue weighted by Gasteiger charge is -2.22. The van der Waals surface area contributed by atoms with Gasteiger partial charge in [-0.1, -0.05) is 257 Å². The van der Waals surface area contributed by atoms with Crippen LogP contribution in [0.1, 0.15) is 309 Å². The van der Waals surface area contributed by atoms with Gasteiger partial charge in [-0.05, 0) is 51.4 Å². The van der Waals surface area contributed by atoms with Gasteiger partial charge in [-0.2, -0.15) is 0 Å². The second-order valence-electron chi connectivity index (χ2n) is 19.3.